The summed E-state index contributed by atoms with van der Waals surface area (Å²) >= 11 is 0. The molecule has 3 aromatic heterocycles. The molecule has 4 rings (SSSR count). The molecule has 1 aliphatic heterocycles. The van der Waals surface area contributed by atoms with Crippen LogP contribution in [0.15, 0.2) is 42.6 Å². The van der Waals surface area contributed by atoms with E-state index >= 15 is 0 Å². The lowest BCUT2D eigenvalue weighted by Gasteiger charge is -2.10. The lowest BCUT2D eigenvalue weighted by molar-refractivity contribution is -0.110. The molecule has 0 spiro atoms. The Morgan fingerprint density at radius 3 is 2.74 bits per heavy atom. The van der Waals surface area contributed by atoms with E-state index in [0.29, 0.717) is 11.3 Å². The summed E-state index contributed by atoms with van der Waals surface area (Å²) in [5, 5.41) is 10.5. The number of aryl methyl sites for hydroxylation is 3. The van der Waals surface area contributed by atoms with Crippen LogP contribution in [0.3, 0.4) is 0 Å². The van der Waals surface area contributed by atoms with Gasteiger partial charge in [0.1, 0.15) is 0 Å². The third-order valence-electron chi connectivity index (χ3n) is 4.67. The number of hydrogen-bond donors (Lipinski definition) is 2. The first-order valence-electron chi connectivity index (χ1n) is 8.65. The number of amides is 1. The standard InChI is InChI=1S/C20H20N6O/c1-11-5-6-21-8-15(11)16-7-14-17(9-22-16)24-20(27)19(14)13(3)23-18-10-26(4)25-12(18)2/h5-10,23H,1-4H3,(H,24,27). The van der Waals surface area contributed by atoms with Crippen LogP contribution >= 0.6 is 0 Å². The molecule has 136 valence electrons. The van der Waals surface area contributed by atoms with E-state index < -0.39 is 0 Å². The third-order valence-corrected chi connectivity index (χ3v) is 4.67. The van der Waals surface area contributed by atoms with Crippen molar-refractivity contribution in [2.24, 2.45) is 7.05 Å². The number of aromatic nitrogens is 4. The fourth-order valence-electron chi connectivity index (χ4n) is 3.31. The second-order valence-electron chi connectivity index (χ2n) is 6.69. The van der Waals surface area contributed by atoms with E-state index in [-0.39, 0.29) is 5.91 Å². The summed E-state index contributed by atoms with van der Waals surface area (Å²) in [6.45, 7) is 5.84. The Hall–Kier alpha value is -3.48. The van der Waals surface area contributed by atoms with Gasteiger partial charge in [-0.25, -0.2) is 0 Å². The molecule has 27 heavy (non-hydrogen) atoms. The molecule has 0 aromatic carbocycles. The summed E-state index contributed by atoms with van der Waals surface area (Å²) in [6, 6.07) is 3.89. The Kier molecular flexibility index (Phi) is 3.99. The molecule has 7 heteroatoms. The van der Waals surface area contributed by atoms with Crippen molar-refractivity contribution in [2.75, 3.05) is 10.6 Å². The molecule has 0 radical (unpaired) electrons. The quantitative estimate of drug-likeness (QED) is 0.700. The average molecular weight is 360 g/mol. The molecule has 1 amide bonds. The van der Waals surface area contributed by atoms with Gasteiger partial charge in [0.2, 0.25) is 0 Å². The maximum absolute atomic E-state index is 12.6. The number of allylic oxidation sites excluding steroid dienone is 1. The second-order valence-corrected chi connectivity index (χ2v) is 6.69. The van der Waals surface area contributed by atoms with E-state index in [9.17, 15) is 4.79 Å². The Labute approximate surface area is 157 Å². The molecule has 0 bridgehead atoms. The summed E-state index contributed by atoms with van der Waals surface area (Å²) in [7, 11) is 1.87. The van der Waals surface area contributed by atoms with Crippen LogP contribution in [0.25, 0.3) is 16.8 Å². The van der Waals surface area contributed by atoms with Gasteiger partial charge in [-0.05, 0) is 38.5 Å². The molecule has 0 fully saturated rings. The van der Waals surface area contributed by atoms with Gasteiger partial charge in [-0.3, -0.25) is 19.4 Å². The van der Waals surface area contributed by atoms with E-state index in [1.165, 1.54) is 0 Å². The van der Waals surface area contributed by atoms with Crippen LogP contribution < -0.4 is 10.6 Å². The molecule has 4 heterocycles. The van der Waals surface area contributed by atoms with Crippen molar-refractivity contribution in [1.82, 2.24) is 19.7 Å². The number of nitrogens with zero attached hydrogens (tertiary/aromatic N) is 4. The number of nitrogens with one attached hydrogen (secondary N) is 2. The zero-order chi connectivity index (χ0) is 19.1. The van der Waals surface area contributed by atoms with E-state index in [2.05, 4.69) is 25.7 Å². The minimum absolute atomic E-state index is 0.140. The first-order valence-corrected chi connectivity index (χ1v) is 8.65. The predicted molar refractivity (Wildman–Crippen MR) is 105 cm³/mol. The largest absolute Gasteiger partial charge is 0.356 e. The molecule has 0 aliphatic carbocycles. The summed E-state index contributed by atoms with van der Waals surface area (Å²) in [5.41, 5.74) is 7.50. The van der Waals surface area contributed by atoms with Crippen molar-refractivity contribution in [1.29, 1.82) is 0 Å². The summed E-state index contributed by atoms with van der Waals surface area (Å²) < 4.78 is 1.74. The maximum Gasteiger partial charge on any atom is 0.258 e. The number of anilines is 2. The van der Waals surface area contributed by atoms with Crippen molar-refractivity contribution in [2.45, 2.75) is 20.8 Å². The van der Waals surface area contributed by atoms with Gasteiger partial charge in [-0.1, -0.05) is 0 Å². The number of rotatable bonds is 3. The van der Waals surface area contributed by atoms with Crippen molar-refractivity contribution < 1.29 is 4.79 Å². The van der Waals surface area contributed by atoms with Crippen LogP contribution in [0.1, 0.15) is 23.7 Å². The minimum atomic E-state index is -0.140. The van der Waals surface area contributed by atoms with Gasteiger partial charge < -0.3 is 10.6 Å². The Morgan fingerprint density at radius 2 is 2.04 bits per heavy atom. The van der Waals surface area contributed by atoms with Gasteiger partial charge in [0, 0.05) is 42.5 Å². The van der Waals surface area contributed by atoms with Crippen molar-refractivity contribution in [3.8, 4) is 11.3 Å². The molecular formula is C20H20N6O. The van der Waals surface area contributed by atoms with Crippen molar-refractivity contribution in [3.63, 3.8) is 0 Å². The number of fused-ring (bicyclic) bond motifs is 1. The number of carbonyl (C=O) groups is 1. The first-order chi connectivity index (χ1) is 12.9. The molecule has 0 saturated heterocycles. The molecule has 3 aromatic rings. The first kappa shape index (κ1) is 17.0. The van der Waals surface area contributed by atoms with E-state index in [0.717, 1.165) is 39.5 Å². The number of carbonyl (C=O) groups excluding carboxylic acids is 1. The van der Waals surface area contributed by atoms with Crippen LogP contribution in [0.4, 0.5) is 11.4 Å². The van der Waals surface area contributed by atoms with E-state index in [1.807, 2.05) is 46.1 Å². The molecule has 0 saturated carbocycles. The fourth-order valence-corrected chi connectivity index (χ4v) is 3.31. The highest BCUT2D eigenvalue weighted by molar-refractivity contribution is 6.32. The Balaban J connectivity index is 1.79. The highest BCUT2D eigenvalue weighted by atomic mass is 16.2. The topological polar surface area (TPSA) is 84.7 Å². The highest BCUT2D eigenvalue weighted by Crippen LogP contribution is 2.36. The molecule has 2 N–H and O–H groups in total. The van der Waals surface area contributed by atoms with Crippen LogP contribution in [-0.4, -0.2) is 25.7 Å². The zero-order valence-corrected chi connectivity index (χ0v) is 15.7. The van der Waals surface area contributed by atoms with Gasteiger partial charge >= 0.3 is 0 Å². The lowest BCUT2D eigenvalue weighted by Crippen LogP contribution is -2.09. The molecule has 7 nitrogen and oxygen atoms in total. The zero-order valence-electron chi connectivity index (χ0n) is 15.7. The summed E-state index contributed by atoms with van der Waals surface area (Å²) in [6.07, 6.45) is 7.14. The average Bonchev–Trinajstić information content (AvgIpc) is 3.12. The Morgan fingerprint density at radius 1 is 1.22 bits per heavy atom. The van der Waals surface area contributed by atoms with Crippen molar-refractivity contribution in [3.05, 3.63) is 59.4 Å². The molecule has 1 aliphatic rings. The lowest BCUT2D eigenvalue weighted by atomic mass is 10.0. The summed E-state index contributed by atoms with van der Waals surface area (Å²) in [4.78, 5) is 21.3. The predicted octanol–water partition coefficient (Wildman–Crippen LogP) is 3.29. The summed E-state index contributed by atoms with van der Waals surface area (Å²) in [5.74, 6) is -0.140. The van der Waals surface area contributed by atoms with Crippen LogP contribution in [0.5, 0.6) is 0 Å². The van der Waals surface area contributed by atoms with Crippen molar-refractivity contribution >= 4 is 22.9 Å². The Bertz CT molecular complexity index is 1100. The number of hydrogen-bond acceptors (Lipinski definition) is 5. The SMILES string of the molecule is CC(Nc1cn(C)nc1C)=C1C(=O)Nc2cnc(-c3cnccc3C)cc21. The molecular weight excluding hydrogens is 340 g/mol. The number of pyridine rings is 2. The maximum atomic E-state index is 12.6. The van der Waals surface area contributed by atoms with Gasteiger partial charge in [-0.2, -0.15) is 5.10 Å². The minimum Gasteiger partial charge on any atom is -0.356 e. The van der Waals surface area contributed by atoms with Gasteiger partial charge in [0.25, 0.3) is 5.91 Å². The normalized spacial score (nSPS) is 14.7. The van der Waals surface area contributed by atoms with Gasteiger partial charge in [-0.15, -0.1) is 0 Å². The third kappa shape index (κ3) is 2.97. The molecule has 0 atom stereocenters. The monoisotopic (exact) mass is 360 g/mol. The second kappa shape index (κ2) is 6.35. The van der Waals surface area contributed by atoms with E-state index in [1.54, 1.807) is 23.3 Å². The smallest absolute Gasteiger partial charge is 0.258 e. The van der Waals surface area contributed by atoms with Crippen LogP contribution in [0, 0.1) is 13.8 Å². The van der Waals surface area contributed by atoms with Gasteiger partial charge in [0.05, 0.1) is 34.5 Å². The van der Waals surface area contributed by atoms with Gasteiger partial charge in [0.15, 0.2) is 0 Å². The van der Waals surface area contributed by atoms with E-state index in [4.69, 9.17) is 0 Å². The van der Waals surface area contributed by atoms with Crippen LogP contribution in [-0.2, 0) is 11.8 Å². The highest BCUT2D eigenvalue weighted by Gasteiger charge is 2.28. The molecule has 0 unspecified atom stereocenters. The van der Waals surface area contributed by atoms with Crippen LogP contribution in [0.2, 0.25) is 0 Å². The fraction of sp³-hybridized carbons (Fsp3) is 0.200.